The monoisotopic (exact) mass is 498 g/mol. The van der Waals surface area contributed by atoms with Crippen LogP contribution in [-0.2, 0) is 19.1 Å². The van der Waals surface area contributed by atoms with Crippen LogP contribution in [-0.4, -0.2) is 49.2 Å². The molecule has 2 amide bonds. The average Bonchev–Trinajstić information content (AvgIpc) is 2.83. The molecule has 7 heteroatoms. The van der Waals surface area contributed by atoms with Crippen LogP contribution in [0.3, 0.4) is 0 Å². The number of ether oxygens (including phenoxy) is 1. The summed E-state index contributed by atoms with van der Waals surface area (Å²) in [5.74, 6) is -0.449. The summed E-state index contributed by atoms with van der Waals surface area (Å²) < 4.78 is 5.19. The van der Waals surface area contributed by atoms with Crippen LogP contribution in [0.5, 0.6) is 0 Å². The zero-order chi connectivity index (χ0) is 25.8. The topological polar surface area (TPSA) is 105 Å². The SMILES string of the molecule is CCOCCNC(=O)CCCCCNC(=O)CCCCCCCCCCCCCCCCC(=O)O. The molecule has 206 valence electrons. The highest BCUT2D eigenvalue weighted by atomic mass is 16.5. The van der Waals surface area contributed by atoms with E-state index in [9.17, 15) is 14.4 Å². The van der Waals surface area contributed by atoms with E-state index in [-0.39, 0.29) is 11.8 Å². The van der Waals surface area contributed by atoms with E-state index in [1.807, 2.05) is 6.92 Å². The highest BCUT2D eigenvalue weighted by molar-refractivity contribution is 5.76. The third-order valence-electron chi connectivity index (χ3n) is 6.22. The molecule has 0 aliphatic carbocycles. The van der Waals surface area contributed by atoms with Gasteiger partial charge in [-0.25, -0.2) is 0 Å². The average molecular weight is 499 g/mol. The zero-order valence-electron chi connectivity index (χ0n) is 22.6. The number of aliphatic carboxylic acids is 1. The van der Waals surface area contributed by atoms with Crippen molar-refractivity contribution < 1.29 is 24.2 Å². The first-order valence-corrected chi connectivity index (χ1v) is 14.4. The highest BCUT2D eigenvalue weighted by Crippen LogP contribution is 2.13. The minimum atomic E-state index is -0.678. The molecule has 0 saturated heterocycles. The maximum Gasteiger partial charge on any atom is 0.303 e. The lowest BCUT2D eigenvalue weighted by atomic mass is 10.0. The van der Waals surface area contributed by atoms with Gasteiger partial charge in [-0.15, -0.1) is 0 Å². The van der Waals surface area contributed by atoms with Gasteiger partial charge in [0.05, 0.1) is 6.61 Å². The van der Waals surface area contributed by atoms with Crippen molar-refractivity contribution in [2.75, 3.05) is 26.3 Å². The fourth-order valence-corrected chi connectivity index (χ4v) is 4.08. The number of amides is 2. The number of carbonyl (C=O) groups excluding carboxylic acids is 2. The van der Waals surface area contributed by atoms with Crippen molar-refractivity contribution in [3.8, 4) is 0 Å². The number of carbonyl (C=O) groups is 3. The minimum Gasteiger partial charge on any atom is -0.481 e. The van der Waals surface area contributed by atoms with Crippen LogP contribution in [0, 0.1) is 0 Å². The molecule has 0 saturated carbocycles. The molecular formula is C28H54N2O5. The van der Waals surface area contributed by atoms with Gasteiger partial charge in [-0.05, 0) is 32.6 Å². The van der Waals surface area contributed by atoms with E-state index < -0.39 is 5.97 Å². The van der Waals surface area contributed by atoms with Gasteiger partial charge >= 0.3 is 5.97 Å². The maximum atomic E-state index is 11.9. The molecule has 0 aromatic heterocycles. The van der Waals surface area contributed by atoms with Crippen LogP contribution >= 0.6 is 0 Å². The summed E-state index contributed by atoms with van der Waals surface area (Å²) in [5, 5.41) is 14.4. The molecule has 0 radical (unpaired) electrons. The molecule has 0 unspecified atom stereocenters. The molecule has 0 atom stereocenters. The third kappa shape index (κ3) is 28.5. The normalized spacial score (nSPS) is 10.9. The van der Waals surface area contributed by atoms with Gasteiger partial charge < -0.3 is 20.5 Å². The molecule has 0 rings (SSSR count). The standard InChI is InChI=1S/C28H54N2O5/c1-2-35-25-24-30-27(32)21-17-15-19-23-29-26(31)20-16-13-11-9-7-5-3-4-6-8-10-12-14-18-22-28(33)34/h2-25H2,1H3,(H,29,31)(H,30,32)(H,33,34). The maximum absolute atomic E-state index is 11.9. The molecule has 0 fully saturated rings. The van der Waals surface area contributed by atoms with Crippen LogP contribution < -0.4 is 10.6 Å². The van der Waals surface area contributed by atoms with E-state index in [4.69, 9.17) is 9.84 Å². The van der Waals surface area contributed by atoms with Crippen molar-refractivity contribution in [3.63, 3.8) is 0 Å². The Morgan fingerprint density at radius 3 is 1.34 bits per heavy atom. The second-order valence-corrected chi connectivity index (χ2v) is 9.55. The summed E-state index contributed by atoms with van der Waals surface area (Å²) in [6.07, 6.45) is 20.9. The number of carboxylic acid groups (broad SMARTS) is 1. The lowest BCUT2D eigenvalue weighted by molar-refractivity contribution is -0.137. The molecule has 0 bridgehead atoms. The fourth-order valence-electron chi connectivity index (χ4n) is 4.08. The Bertz CT molecular complexity index is 514. The Balaban J connectivity index is 3.23. The van der Waals surface area contributed by atoms with E-state index in [0.717, 1.165) is 44.9 Å². The molecule has 0 heterocycles. The Hall–Kier alpha value is -1.63. The van der Waals surface area contributed by atoms with Crippen LogP contribution in [0.2, 0.25) is 0 Å². The van der Waals surface area contributed by atoms with Crippen molar-refractivity contribution in [1.29, 1.82) is 0 Å². The second-order valence-electron chi connectivity index (χ2n) is 9.55. The van der Waals surface area contributed by atoms with Crippen LogP contribution in [0.25, 0.3) is 0 Å². The first-order valence-electron chi connectivity index (χ1n) is 14.4. The van der Waals surface area contributed by atoms with Crippen LogP contribution in [0.1, 0.15) is 135 Å². The van der Waals surface area contributed by atoms with Crippen molar-refractivity contribution in [2.45, 2.75) is 135 Å². The summed E-state index contributed by atoms with van der Waals surface area (Å²) >= 11 is 0. The molecule has 0 aromatic rings. The Kier molecular flexibility index (Phi) is 25.7. The van der Waals surface area contributed by atoms with Gasteiger partial charge in [-0.2, -0.15) is 0 Å². The molecule has 35 heavy (non-hydrogen) atoms. The third-order valence-corrected chi connectivity index (χ3v) is 6.22. The van der Waals surface area contributed by atoms with Gasteiger partial charge in [-0.1, -0.05) is 83.5 Å². The fraction of sp³-hybridized carbons (Fsp3) is 0.893. The Morgan fingerprint density at radius 1 is 0.543 bits per heavy atom. The van der Waals surface area contributed by atoms with E-state index in [1.54, 1.807) is 0 Å². The summed E-state index contributed by atoms with van der Waals surface area (Å²) in [6.45, 7) is 4.45. The van der Waals surface area contributed by atoms with Gasteiger partial charge in [0.1, 0.15) is 0 Å². The van der Waals surface area contributed by atoms with Gasteiger partial charge in [0.2, 0.25) is 11.8 Å². The largest absolute Gasteiger partial charge is 0.481 e. The lowest BCUT2D eigenvalue weighted by Crippen LogP contribution is -2.27. The van der Waals surface area contributed by atoms with Gasteiger partial charge in [0.25, 0.3) is 0 Å². The Morgan fingerprint density at radius 2 is 0.914 bits per heavy atom. The van der Waals surface area contributed by atoms with E-state index in [2.05, 4.69) is 10.6 Å². The zero-order valence-corrected chi connectivity index (χ0v) is 22.6. The lowest BCUT2D eigenvalue weighted by Gasteiger charge is -2.07. The Labute approximate surface area is 214 Å². The van der Waals surface area contributed by atoms with Gasteiger partial charge in [-0.3, -0.25) is 14.4 Å². The number of carboxylic acids is 1. The van der Waals surface area contributed by atoms with Gasteiger partial charge in [0.15, 0.2) is 0 Å². The molecule has 0 aromatic carbocycles. The molecule has 0 aliphatic rings. The molecule has 7 nitrogen and oxygen atoms in total. The predicted molar refractivity (Wildman–Crippen MR) is 142 cm³/mol. The first-order chi connectivity index (χ1) is 17.1. The number of nitrogens with one attached hydrogen (secondary N) is 2. The molecule has 0 spiro atoms. The van der Waals surface area contributed by atoms with Crippen molar-refractivity contribution in [2.24, 2.45) is 0 Å². The van der Waals surface area contributed by atoms with E-state index in [1.165, 1.54) is 64.2 Å². The van der Waals surface area contributed by atoms with Crippen molar-refractivity contribution in [1.82, 2.24) is 10.6 Å². The molecule has 3 N–H and O–H groups in total. The van der Waals surface area contributed by atoms with Crippen molar-refractivity contribution in [3.05, 3.63) is 0 Å². The van der Waals surface area contributed by atoms with E-state index in [0.29, 0.717) is 45.6 Å². The van der Waals surface area contributed by atoms with Crippen molar-refractivity contribution >= 4 is 17.8 Å². The van der Waals surface area contributed by atoms with Crippen LogP contribution in [0.15, 0.2) is 0 Å². The second kappa shape index (κ2) is 27.0. The number of unbranched alkanes of at least 4 members (excludes halogenated alkanes) is 15. The van der Waals surface area contributed by atoms with Gasteiger partial charge in [0, 0.05) is 39.0 Å². The molecular weight excluding hydrogens is 444 g/mol. The minimum absolute atomic E-state index is 0.0760. The van der Waals surface area contributed by atoms with Crippen LogP contribution in [0.4, 0.5) is 0 Å². The number of rotatable bonds is 27. The quantitative estimate of drug-likeness (QED) is 0.118. The predicted octanol–water partition coefficient (Wildman–Crippen LogP) is 6.14. The number of hydrogen-bond donors (Lipinski definition) is 3. The molecule has 0 aliphatic heterocycles. The highest BCUT2D eigenvalue weighted by Gasteiger charge is 2.03. The smallest absolute Gasteiger partial charge is 0.303 e. The first kappa shape index (κ1) is 33.4. The summed E-state index contributed by atoms with van der Waals surface area (Å²) in [7, 11) is 0. The summed E-state index contributed by atoms with van der Waals surface area (Å²) in [4.78, 5) is 34.0. The summed E-state index contributed by atoms with van der Waals surface area (Å²) in [5.41, 5.74) is 0. The van der Waals surface area contributed by atoms with E-state index >= 15 is 0 Å². The summed E-state index contributed by atoms with van der Waals surface area (Å²) in [6, 6.07) is 0. The number of hydrogen-bond acceptors (Lipinski definition) is 4.